The molecule has 0 aliphatic rings. The third kappa shape index (κ3) is 1.98. The Morgan fingerprint density at radius 1 is 0.941 bits per heavy atom. The molecule has 0 amide bonds. The summed E-state index contributed by atoms with van der Waals surface area (Å²) in [5.41, 5.74) is 1.48. The summed E-state index contributed by atoms with van der Waals surface area (Å²) in [6.45, 7) is -0.876. The van der Waals surface area contributed by atoms with E-state index in [0.717, 1.165) is 0 Å². The minimum Gasteiger partial charge on any atom is -0.477 e. The van der Waals surface area contributed by atoms with E-state index >= 15 is 0 Å². The molecule has 17 heavy (non-hydrogen) atoms. The predicted octanol–water partition coefficient (Wildman–Crippen LogP) is 1.08. The van der Waals surface area contributed by atoms with Crippen LogP contribution in [-0.4, -0.2) is 23.4 Å². The summed E-state index contributed by atoms with van der Waals surface area (Å²) in [6, 6.07) is 0. The van der Waals surface area contributed by atoms with Gasteiger partial charge in [0.25, 0.3) is 0 Å². The summed E-state index contributed by atoms with van der Waals surface area (Å²) in [5, 5.41) is 8.36. The van der Waals surface area contributed by atoms with E-state index in [1.54, 1.807) is 0 Å². The highest BCUT2D eigenvalue weighted by atomic mass is 19.2. The maximum atomic E-state index is 13.2. The van der Waals surface area contributed by atoms with Crippen molar-refractivity contribution in [2.24, 2.45) is 5.73 Å². The Morgan fingerprint density at radius 3 is 1.59 bits per heavy atom. The lowest BCUT2D eigenvalue weighted by Gasteiger charge is -2.07. The molecule has 0 spiro atoms. The summed E-state index contributed by atoms with van der Waals surface area (Å²) in [4.78, 5) is 21.3. The van der Waals surface area contributed by atoms with Crippen LogP contribution in [0.2, 0.25) is 0 Å². The highest BCUT2D eigenvalue weighted by molar-refractivity contribution is 5.99. The van der Waals surface area contributed by atoms with Gasteiger partial charge in [-0.3, -0.25) is 4.79 Å². The number of rotatable bonds is 3. The number of nitrogens with two attached hydrogens (primary N) is 1. The standard InChI is InChI=1S/C9H5F4NO3/c10-5-3(2(15)1-14)6(11)8(13)4(7(5)12)9(16)17/h1,14H2,(H,16,17). The second-order valence-corrected chi connectivity index (χ2v) is 2.94. The summed E-state index contributed by atoms with van der Waals surface area (Å²) in [7, 11) is 0. The molecule has 0 aliphatic carbocycles. The van der Waals surface area contributed by atoms with E-state index < -0.39 is 52.7 Å². The van der Waals surface area contributed by atoms with Gasteiger partial charge in [0.05, 0.1) is 12.1 Å². The van der Waals surface area contributed by atoms with Crippen molar-refractivity contribution in [2.45, 2.75) is 0 Å². The van der Waals surface area contributed by atoms with Crippen molar-refractivity contribution >= 4 is 11.8 Å². The Balaban J connectivity index is 3.70. The number of halogens is 4. The molecule has 0 heterocycles. The molecular formula is C9H5F4NO3. The van der Waals surface area contributed by atoms with Gasteiger partial charge in [-0.1, -0.05) is 0 Å². The number of carbonyl (C=O) groups is 2. The normalized spacial score (nSPS) is 10.4. The Morgan fingerprint density at radius 2 is 1.29 bits per heavy atom. The summed E-state index contributed by atoms with van der Waals surface area (Å²) in [5.74, 6) is -12.0. The largest absolute Gasteiger partial charge is 0.477 e. The van der Waals surface area contributed by atoms with Gasteiger partial charge in [-0.15, -0.1) is 0 Å². The van der Waals surface area contributed by atoms with Gasteiger partial charge in [0.15, 0.2) is 29.1 Å². The van der Waals surface area contributed by atoms with Crippen LogP contribution in [-0.2, 0) is 0 Å². The maximum absolute atomic E-state index is 13.2. The lowest BCUT2D eigenvalue weighted by Crippen LogP contribution is -2.21. The van der Waals surface area contributed by atoms with E-state index in [9.17, 15) is 27.2 Å². The minimum atomic E-state index is -2.19. The number of hydrogen-bond donors (Lipinski definition) is 2. The van der Waals surface area contributed by atoms with Crippen LogP contribution in [0.3, 0.4) is 0 Å². The zero-order valence-corrected chi connectivity index (χ0v) is 8.06. The fourth-order valence-corrected chi connectivity index (χ4v) is 1.17. The molecule has 1 rings (SSSR count). The average molecular weight is 251 g/mol. The Hall–Kier alpha value is -1.96. The highest BCUT2D eigenvalue weighted by Gasteiger charge is 2.31. The van der Waals surface area contributed by atoms with Gasteiger partial charge in [-0.25, -0.2) is 22.4 Å². The summed E-state index contributed by atoms with van der Waals surface area (Å²) >= 11 is 0. The zero-order chi connectivity index (χ0) is 13.3. The minimum absolute atomic E-state index is 0.876. The predicted molar refractivity (Wildman–Crippen MR) is 46.6 cm³/mol. The van der Waals surface area contributed by atoms with Crippen LogP contribution in [0.25, 0.3) is 0 Å². The second-order valence-electron chi connectivity index (χ2n) is 2.94. The van der Waals surface area contributed by atoms with E-state index in [4.69, 9.17) is 10.8 Å². The van der Waals surface area contributed by atoms with Crippen molar-refractivity contribution in [3.63, 3.8) is 0 Å². The number of Topliss-reactive ketones (excluding diaryl/α,β-unsaturated/α-hetero) is 1. The first-order chi connectivity index (χ1) is 7.82. The number of benzene rings is 1. The van der Waals surface area contributed by atoms with Crippen molar-refractivity contribution in [1.29, 1.82) is 0 Å². The van der Waals surface area contributed by atoms with Crippen molar-refractivity contribution < 1.29 is 32.3 Å². The molecule has 92 valence electrons. The van der Waals surface area contributed by atoms with Gasteiger partial charge >= 0.3 is 5.97 Å². The second kappa shape index (κ2) is 4.50. The van der Waals surface area contributed by atoms with Crippen molar-refractivity contribution in [1.82, 2.24) is 0 Å². The van der Waals surface area contributed by atoms with E-state index in [1.165, 1.54) is 0 Å². The molecular weight excluding hydrogens is 246 g/mol. The van der Waals surface area contributed by atoms with Gasteiger partial charge in [0.2, 0.25) is 0 Å². The molecule has 0 atom stereocenters. The van der Waals surface area contributed by atoms with Gasteiger partial charge in [0.1, 0.15) is 5.56 Å². The van der Waals surface area contributed by atoms with Crippen LogP contribution < -0.4 is 5.73 Å². The molecule has 3 N–H and O–H groups in total. The third-order valence-corrected chi connectivity index (χ3v) is 1.94. The first-order valence-corrected chi connectivity index (χ1v) is 4.15. The molecule has 0 bridgehead atoms. The molecule has 0 aliphatic heterocycles. The van der Waals surface area contributed by atoms with Crippen LogP contribution >= 0.6 is 0 Å². The van der Waals surface area contributed by atoms with Crippen LogP contribution in [0.4, 0.5) is 17.6 Å². The molecule has 1 aromatic carbocycles. The van der Waals surface area contributed by atoms with E-state index in [-0.39, 0.29) is 0 Å². The molecule has 4 nitrogen and oxygen atoms in total. The third-order valence-electron chi connectivity index (χ3n) is 1.94. The Kier molecular flexibility index (Phi) is 3.47. The van der Waals surface area contributed by atoms with E-state index in [2.05, 4.69) is 0 Å². The van der Waals surface area contributed by atoms with Crippen molar-refractivity contribution in [2.75, 3.05) is 6.54 Å². The SMILES string of the molecule is NCC(=O)c1c(F)c(F)c(C(=O)O)c(F)c1F. The highest BCUT2D eigenvalue weighted by Crippen LogP contribution is 2.24. The quantitative estimate of drug-likeness (QED) is 0.478. The molecule has 0 fully saturated rings. The molecule has 0 saturated carbocycles. The topological polar surface area (TPSA) is 80.4 Å². The average Bonchev–Trinajstić information content (AvgIpc) is 2.26. The maximum Gasteiger partial charge on any atom is 0.341 e. The number of carboxylic acids is 1. The van der Waals surface area contributed by atoms with Crippen molar-refractivity contribution in [3.05, 3.63) is 34.4 Å². The van der Waals surface area contributed by atoms with Gasteiger partial charge in [-0.2, -0.15) is 0 Å². The van der Waals surface area contributed by atoms with Crippen LogP contribution in [0, 0.1) is 23.3 Å². The van der Waals surface area contributed by atoms with Gasteiger partial charge < -0.3 is 10.8 Å². The Bertz CT molecular complexity index is 486. The first kappa shape index (κ1) is 13.1. The summed E-state index contributed by atoms with van der Waals surface area (Å²) in [6.07, 6.45) is 0. The molecule has 0 radical (unpaired) electrons. The zero-order valence-electron chi connectivity index (χ0n) is 8.06. The molecule has 1 aromatic rings. The lowest BCUT2D eigenvalue weighted by molar-refractivity contribution is 0.0682. The number of ketones is 1. The van der Waals surface area contributed by atoms with Crippen LogP contribution in [0.5, 0.6) is 0 Å². The molecule has 0 unspecified atom stereocenters. The van der Waals surface area contributed by atoms with Crippen LogP contribution in [0.1, 0.15) is 20.7 Å². The monoisotopic (exact) mass is 251 g/mol. The smallest absolute Gasteiger partial charge is 0.341 e. The van der Waals surface area contributed by atoms with Gasteiger partial charge in [-0.05, 0) is 0 Å². The lowest BCUT2D eigenvalue weighted by atomic mass is 10.0. The van der Waals surface area contributed by atoms with E-state index in [0.29, 0.717) is 0 Å². The number of carbonyl (C=O) groups excluding carboxylic acids is 1. The molecule has 0 aromatic heterocycles. The van der Waals surface area contributed by atoms with Gasteiger partial charge in [0, 0.05) is 0 Å². The first-order valence-electron chi connectivity index (χ1n) is 4.15. The molecule has 8 heteroatoms. The summed E-state index contributed by atoms with van der Waals surface area (Å²) < 4.78 is 52.5. The number of aromatic carboxylic acids is 1. The number of carboxylic acid groups (broad SMARTS) is 1. The van der Waals surface area contributed by atoms with E-state index in [1.807, 2.05) is 0 Å². The fourth-order valence-electron chi connectivity index (χ4n) is 1.17. The Labute approximate surface area is 91.6 Å². The molecule has 0 saturated heterocycles. The van der Waals surface area contributed by atoms with Crippen molar-refractivity contribution in [3.8, 4) is 0 Å². The fraction of sp³-hybridized carbons (Fsp3) is 0.111. The number of hydrogen-bond acceptors (Lipinski definition) is 3. The van der Waals surface area contributed by atoms with Crippen LogP contribution in [0.15, 0.2) is 0 Å².